The van der Waals surface area contributed by atoms with E-state index in [1.165, 1.54) is 11.1 Å². The predicted molar refractivity (Wildman–Crippen MR) is 44.7 cm³/mol. The van der Waals surface area contributed by atoms with Crippen LogP contribution in [-0.2, 0) is 3.80 Å². The van der Waals surface area contributed by atoms with Gasteiger partial charge in [-0.1, -0.05) is 0 Å². The summed E-state index contributed by atoms with van der Waals surface area (Å²) < 4.78 is 10.9. The molecule has 0 aliphatic heterocycles. The molecule has 1 aliphatic rings. The maximum absolute atomic E-state index is 10.7. The Hall–Kier alpha value is -0.708. The number of hydrogen-bond acceptors (Lipinski definition) is 1. The summed E-state index contributed by atoms with van der Waals surface area (Å²) >= 11 is -0.707. The number of hydrogen-bond donors (Lipinski definition) is 0. The van der Waals surface area contributed by atoms with Crippen molar-refractivity contribution in [1.82, 2.24) is 0 Å². The monoisotopic (exact) mass is 158 g/mol. The van der Waals surface area contributed by atoms with Gasteiger partial charge in [0.05, 0.1) is 0 Å². The van der Waals surface area contributed by atoms with Crippen molar-refractivity contribution in [1.29, 1.82) is 0 Å². The van der Waals surface area contributed by atoms with Gasteiger partial charge in [-0.3, -0.25) is 0 Å². The van der Waals surface area contributed by atoms with Gasteiger partial charge < -0.3 is 0 Å². The van der Waals surface area contributed by atoms with Gasteiger partial charge in [0.15, 0.2) is 0 Å². The van der Waals surface area contributed by atoms with Crippen LogP contribution in [0.5, 0.6) is 0 Å². The number of allylic oxidation sites excluding steroid dienone is 1. The van der Waals surface area contributed by atoms with Crippen molar-refractivity contribution in [2.75, 3.05) is 0 Å². The van der Waals surface area contributed by atoms with Gasteiger partial charge >= 0.3 is 71.3 Å². The minimum absolute atomic E-state index is 0.200. The number of benzene rings is 1. The molecule has 52 valence electrons. The fourth-order valence-corrected chi connectivity index (χ4v) is 2.05. The summed E-state index contributed by atoms with van der Waals surface area (Å²) in [5.41, 5.74) is 2.44. The Bertz CT molecular complexity index is 317. The zero-order valence-corrected chi connectivity index (χ0v) is 7.18. The third kappa shape index (κ3) is 1.09. The first-order chi connectivity index (χ1) is 5.42. The molecule has 1 nitrogen and oxygen atoms in total. The van der Waals surface area contributed by atoms with E-state index in [1.807, 2.05) is 30.4 Å². The maximum atomic E-state index is 10.7. The van der Waals surface area contributed by atoms with Crippen LogP contribution in [0.1, 0.15) is 15.9 Å². The first-order valence-electron chi connectivity index (χ1n) is 3.64. The first kappa shape index (κ1) is 6.97. The van der Waals surface area contributed by atoms with E-state index >= 15 is 0 Å². The molecule has 1 aromatic carbocycles. The molecule has 0 bridgehead atoms. The third-order valence-corrected chi connectivity index (χ3v) is 2.86. The Balaban J connectivity index is 2.53. The first-order valence-corrected chi connectivity index (χ1v) is 4.78. The van der Waals surface area contributed by atoms with Crippen LogP contribution in [0, 0.1) is 0 Å². The fourth-order valence-electron chi connectivity index (χ4n) is 1.40. The quantitative estimate of drug-likeness (QED) is 0.569. The molecule has 0 saturated carbocycles. The van der Waals surface area contributed by atoms with Crippen molar-refractivity contribution in [3.05, 3.63) is 41.5 Å². The van der Waals surface area contributed by atoms with Crippen LogP contribution >= 0.6 is 0 Å². The summed E-state index contributed by atoms with van der Waals surface area (Å²) in [7, 11) is 0. The van der Waals surface area contributed by atoms with E-state index < -0.39 is 15.2 Å². The van der Waals surface area contributed by atoms with Crippen LogP contribution in [0.3, 0.4) is 0 Å². The Morgan fingerprint density at radius 1 is 1.27 bits per heavy atom. The Morgan fingerprint density at radius 2 is 2.09 bits per heavy atom. The summed E-state index contributed by atoms with van der Waals surface area (Å²) in [6.45, 7) is 0. The van der Waals surface area contributed by atoms with E-state index in [4.69, 9.17) is 0 Å². The second kappa shape index (κ2) is 2.73. The summed E-state index contributed by atoms with van der Waals surface area (Å²) in [6, 6.07) is 8.10. The van der Waals surface area contributed by atoms with E-state index in [9.17, 15) is 3.80 Å². The minimum atomic E-state index is -0.707. The summed E-state index contributed by atoms with van der Waals surface area (Å²) in [5, 5.41) is 0. The summed E-state index contributed by atoms with van der Waals surface area (Å²) in [5.74, 6) is 0. The normalized spacial score (nSPS) is 19.5. The predicted octanol–water partition coefficient (Wildman–Crippen LogP) is 1.80. The SMILES string of the molecule is [O]=[Al][CH]1C=Cc2ccccc21. The molecule has 0 N–H and O–H groups in total. The number of rotatable bonds is 1. The van der Waals surface area contributed by atoms with Crippen LogP contribution in [0.4, 0.5) is 0 Å². The van der Waals surface area contributed by atoms with Crippen molar-refractivity contribution in [2.24, 2.45) is 0 Å². The van der Waals surface area contributed by atoms with E-state index in [-0.39, 0.29) is 4.78 Å². The molecule has 0 aromatic heterocycles. The molecule has 0 amide bonds. The molecular formula is C9H7AlO. The zero-order chi connectivity index (χ0) is 7.68. The van der Waals surface area contributed by atoms with Crippen LogP contribution in [0.25, 0.3) is 6.08 Å². The average Bonchev–Trinajstić information content (AvgIpc) is 2.47. The van der Waals surface area contributed by atoms with Crippen LogP contribution < -0.4 is 0 Å². The standard InChI is InChI=1S/C9H7.Al.O/c1-2-5-9-7-3-6-8(9)4-1;;/h1-7H;;. The van der Waals surface area contributed by atoms with Crippen LogP contribution in [0.2, 0.25) is 0 Å². The van der Waals surface area contributed by atoms with Gasteiger partial charge in [0.25, 0.3) is 0 Å². The van der Waals surface area contributed by atoms with Gasteiger partial charge in [-0.05, 0) is 0 Å². The van der Waals surface area contributed by atoms with Gasteiger partial charge in [0.2, 0.25) is 0 Å². The molecule has 0 spiro atoms. The molecule has 0 saturated heterocycles. The van der Waals surface area contributed by atoms with E-state index in [2.05, 4.69) is 6.07 Å². The zero-order valence-electron chi connectivity index (χ0n) is 6.03. The van der Waals surface area contributed by atoms with Gasteiger partial charge in [-0.2, -0.15) is 0 Å². The fraction of sp³-hybridized carbons (Fsp3) is 0.111. The van der Waals surface area contributed by atoms with E-state index in [1.54, 1.807) is 0 Å². The molecule has 1 unspecified atom stereocenters. The van der Waals surface area contributed by atoms with Gasteiger partial charge in [0.1, 0.15) is 0 Å². The van der Waals surface area contributed by atoms with Crippen molar-refractivity contribution in [2.45, 2.75) is 4.78 Å². The average molecular weight is 158 g/mol. The number of fused-ring (bicyclic) bond motifs is 1. The molecular weight excluding hydrogens is 151 g/mol. The Kier molecular flexibility index (Phi) is 1.73. The Morgan fingerprint density at radius 3 is 2.91 bits per heavy atom. The second-order valence-corrected chi connectivity index (χ2v) is 3.64. The van der Waals surface area contributed by atoms with Crippen LogP contribution in [0.15, 0.2) is 30.3 Å². The van der Waals surface area contributed by atoms with Gasteiger partial charge in [-0.25, -0.2) is 0 Å². The molecule has 0 fully saturated rings. The molecule has 0 heterocycles. The van der Waals surface area contributed by atoms with Crippen molar-refractivity contribution >= 4 is 21.2 Å². The molecule has 0 radical (unpaired) electrons. The molecule has 1 aliphatic carbocycles. The van der Waals surface area contributed by atoms with E-state index in [0.29, 0.717) is 0 Å². The van der Waals surface area contributed by atoms with Crippen molar-refractivity contribution < 1.29 is 3.80 Å². The summed E-state index contributed by atoms with van der Waals surface area (Å²) in [6.07, 6.45) is 4.07. The van der Waals surface area contributed by atoms with Crippen molar-refractivity contribution in [3.8, 4) is 0 Å². The van der Waals surface area contributed by atoms with Crippen molar-refractivity contribution in [3.63, 3.8) is 0 Å². The van der Waals surface area contributed by atoms with E-state index in [0.717, 1.165) is 0 Å². The second-order valence-electron chi connectivity index (χ2n) is 2.65. The molecule has 2 heteroatoms. The third-order valence-electron chi connectivity index (χ3n) is 1.98. The Labute approximate surface area is 71.7 Å². The van der Waals surface area contributed by atoms with Crippen LogP contribution in [-0.4, -0.2) is 15.2 Å². The molecule has 1 aromatic rings. The van der Waals surface area contributed by atoms with Gasteiger partial charge in [0, 0.05) is 0 Å². The summed E-state index contributed by atoms with van der Waals surface area (Å²) in [4.78, 5) is 0. The topological polar surface area (TPSA) is 17.1 Å². The molecule has 1 atom stereocenters. The molecule has 2 rings (SSSR count). The molecule has 11 heavy (non-hydrogen) atoms. The van der Waals surface area contributed by atoms with Gasteiger partial charge in [-0.15, -0.1) is 0 Å².